The highest BCUT2D eigenvalue weighted by Crippen LogP contribution is 2.34. The molecule has 0 unspecified atom stereocenters. The minimum atomic E-state index is -0.591. The van der Waals surface area contributed by atoms with E-state index in [1.165, 1.54) is 22.8 Å². The quantitative estimate of drug-likeness (QED) is 0.700. The van der Waals surface area contributed by atoms with Crippen LogP contribution in [0.1, 0.15) is 36.8 Å². The van der Waals surface area contributed by atoms with Crippen LogP contribution in [0.2, 0.25) is 0 Å². The van der Waals surface area contributed by atoms with Crippen molar-refractivity contribution >= 4 is 11.7 Å². The number of anilines is 1. The average molecular weight is 356 g/mol. The number of carbonyl (C=O) groups is 1. The zero-order valence-corrected chi connectivity index (χ0v) is 15.0. The lowest BCUT2D eigenvalue weighted by molar-refractivity contribution is 0.0853. The Kier molecular flexibility index (Phi) is 4.39. The number of halogens is 1. The molecule has 0 saturated carbocycles. The van der Waals surface area contributed by atoms with Crippen LogP contribution in [0.5, 0.6) is 5.88 Å². The maximum atomic E-state index is 13.3. The molecule has 136 valence electrons. The van der Waals surface area contributed by atoms with Crippen molar-refractivity contribution in [2.75, 3.05) is 5.73 Å². The second-order valence-electron chi connectivity index (χ2n) is 7.28. The third-order valence-corrected chi connectivity index (χ3v) is 4.17. The van der Waals surface area contributed by atoms with E-state index >= 15 is 0 Å². The van der Waals surface area contributed by atoms with Gasteiger partial charge in [0.1, 0.15) is 11.5 Å². The second-order valence-corrected chi connectivity index (χ2v) is 7.28. The number of nitrogen functional groups attached to an aromatic ring is 1. The maximum absolute atomic E-state index is 13.3. The number of nitrogens with two attached hydrogens (primary N) is 1. The Balaban J connectivity index is 1.94. The minimum Gasteiger partial charge on any atom is -0.494 e. The van der Waals surface area contributed by atoms with Gasteiger partial charge in [-0.25, -0.2) is 9.37 Å². The van der Waals surface area contributed by atoms with Gasteiger partial charge in [0.25, 0.3) is 0 Å². The number of aromatic nitrogens is 3. The SMILES string of the molecule is CC(C)(C)C(=O)c1cc2c(O)n(CCc3cccc(F)c3)c(N)nc-2n1. The highest BCUT2D eigenvalue weighted by molar-refractivity contribution is 6.00. The summed E-state index contributed by atoms with van der Waals surface area (Å²) in [5, 5.41) is 10.6. The Hall–Kier alpha value is -2.96. The van der Waals surface area contributed by atoms with Gasteiger partial charge >= 0.3 is 0 Å². The van der Waals surface area contributed by atoms with Gasteiger partial charge in [-0.1, -0.05) is 32.9 Å². The zero-order valence-electron chi connectivity index (χ0n) is 15.0. The fourth-order valence-electron chi connectivity index (χ4n) is 2.73. The lowest BCUT2D eigenvalue weighted by Gasteiger charge is -2.14. The van der Waals surface area contributed by atoms with E-state index in [0.717, 1.165) is 5.56 Å². The summed E-state index contributed by atoms with van der Waals surface area (Å²) in [5.74, 6) is -0.248. The average Bonchev–Trinajstić information content (AvgIpc) is 2.97. The Bertz CT molecular complexity index is 943. The summed E-state index contributed by atoms with van der Waals surface area (Å²) < 4.78 is 14.7. The van der Waals surface area contributed by atoms with Gasteiger partial charge in [-0.3, -0.25) is 9.36 Å². The molecule has 0 aromatic heterocycles. The van der Waals surface area contributed by atoms with Gasteiger partial charge in [-0.15, -0.1) is 0 Å². The highest BCUT2D eigenvalue weighted by Gasteiger charge is 2.28. The fourth-order valence-corrected chi connectivity index (χ4v) is 2.73. The van der Waals surface area contributed by atoms with Crippen LogP contribution in [0, 0.1) is 11.2 Å². The molecule has 7 heteroatoms. The van der Waals surface area contributed by atoms with Crippen molar-refractivity contribution in [1.29, 1.82) is 0 Å². The smallest absolute Gasteiger partial charge is 0.205 e. The van der Waals surface area contributed by atoms with Gasteiger partial charge in [0, 0.05) is 12.0 Å². The molecule has 2 aliphatic heterocycles. The first kappa shape index (κ1) is 17.8. The molecular formula is C19H21FN4O2. The second kappa shape index (κ2) is 6.40. The first-order valence-corrected chi connectivity index (χ1v) is 8.32. The number of hydrogen-bond donors (Lipinski definition) is 2. The van der Waals surface area contributed by atoms with Crippen LogP contribution >= 0.6 is 0 Å². The lowest BCUT2D eigenvalue weighted by Crippen LogP contribution is -2.20. The van der Waals surface area contributed by atoms with Gasteiger partial charge in [0.2, 0.25) is 11.8 Å². The number of hydrogen-bond acceptors (Lipinski definition) is 5. The topological polar surface area (TPSA) is 94.0 Å². The van der Waals surface area contributed by atoms with Crippen molar-refractivity contribution in [2.24, 2.45) is 5.41 Å². The predicted octanol–water partition coefficient (Wildman–Crippen LogP) is 3.28. The molecule has 1 aromatic rings. The van der Waals surface area contributed by atoms with E-state index in [4.69, 9.17) is 5.73 Å². The Morgan fingerprint density at radius 1 is 1.27 bits per heavy atom. The number of fused-ring (bicyclic) bond motifs is 1. The van der Waals surface area contributed by atoms with E-state index in [0.29, 0.717) is 18.5 Å². The van der Waals surface area contributed by atoms with Crippen LogP contribution < -0.4 is 5.73 Å². The van der Waals surface area contributed by atoms with Crippen LogP contribution in [0.15, 0.2) is 30.3 Å². The van der Waals surface area contributed by atoms with E-state index in [1.54, 1.807) is 32.9 Å². The van der Waals surface area contributed by atoms with Gasteiger partial charge in [-0.2, -0.15) is 4.98 Å². The van der Waals surface area contributed by atoms with Crippen molar-refractivity contribution in [3.63, 3.8) is 0 Å². The van der Waals surface area contributed by atoms with E-state index in [1.807, 2.05) is 0 Å². The first-order valence-electron chi connectivity index (χ1n) is 8.32. The molecule has 2 aliphatic rings. The molecule has 0 atom stereocenters. The normalized spacial score (nSPS) is 11.8. The van der Waals surface area contributed by atoms with Crippen molar-refractivity contribution in [2.45, 2.75) is 33.7 Å². The van der Waals surface area contributed by atoms with Crippen LogP contribution in [0.3, 0.4) is 0 Å². The summed E-state index contributed by atoms with van der Waals surface area (Å²) in [6.45, 7) is 5.72. The summed E-state index contributed by atoms with van der Waals surface area (Å²) in [6, 6.07) is 7.77. The zero-order chi connectivity index (χ0) is 19.1. The molecule has 0 amide bonds. The summed E-state index contributed by atoms with van der Waals surface area (Å²) in [5.41, 5.74) is 6.75. The molecule has 0 saturated heterocycles. The summed E-state index contributed by atoms with van der Waals surface area (Å²) >= 11 is 0. The molecule has 3 N–H and O–H groups in total. The molecule has 0 fully saturated rings. The number of rotatable bonds is 4. The van der Waals surface area contributed by atoms with Gasteiger partial charge < -0.3 is 10.8 Å². The molecule has 26 heavy (non-hydrogen) atoms. The summed E-state index contributed by atoms with van der Waals surface area (Å²) in [4.78, 5) is 20.8. The molecule has 0 spiro atoms. The van der Waals surface area contributed by atoms with Crippen molar-refractivity contribution < 1.29 is 14.3 Å². The molecule has 0 radical (unpaired) electrons. The molecule has 0 bridgehead atoms. The number of carbonyl (C=O) groups excluding carboxylic acids is 1. The molecule has 6 nitrogen and oxygen atoms in total. The number of Topliss-reactive ketones (excluding diaryl/α,β-unsaturated/α-hetero) is 1. The Labute approximate surface area is 150 Å². The van der Waals surface area contributed by atoms with Crippen LogP contribution in [-0.4, -0.2) is 25.4 Å². The van der Waals surface area contributed by atoms with E-state index in [-0.39, 0.29) is 34.9 Å². The number of aryl methyl sites for hydroxylation is 1. The molecule has 3 rings (SSSR count). The Morgan fingerprint density at radius 3 is 2.65 bits per heavy atom. The molecule has 2 heterocycles. The standard InChI is InChI=1S/C19H21FN4O2/c1-19(2,3)15(25)14-10-13-16(22-14)23-18(21)24(17(13)26)8-7-11-5-4-6-12(20)9-11/h4-6,9-10,26H,7-8H2,1-3H3,(H2,21,22,23). The van der Waals surface area contributed by atoms with Gasteiger partial charge in [-0.05, 0) is 30.2 Å². The third-order valence-electron chi connectivity index (χ3n) is 4.17. The third kappa shape index (κ3) is 3.37. The van der Waals surface area contributed by atoms with Gasteiger partial charge in [0.05, 0.1) is 5.56 Å². The number of benzene rings is 1. The summed E-state index contributed by atoms with van der Waals surface area (Å²) in [7, 11) is 0. The van der Waals surface area contributed by atoms with E-state index in [2.05, 4.69) is 9.97 Å². The molecule has 1 aromatic carbocycles. The Morgan fingerprint density at radius 2 is 2.00 bits per heavy atom. The maximum Gasteiger partial charge on any atom is 0.205 e. The predicted molar refractivity (Wildman–Crippen MR) is 96.6 cm³/mol. The van der Waals surface area contributed by atoms with Crippen LogP contribution in [0.25, 0.3) is 11.4 Å². The van der Waals surface area contributed by atoms with Crippen LogP contribution in [-0.2, 0) is 13.0 Å². The summed E-state index contributed by atoms with van der Waals surface area (Å²) in [6.07, 6.45) is 0.468. The van der Waals surface area contributed by atoms with Crippen molar-refractivity contribution in [3.8, 4) is 17.3 Å². The fraction of sp³-hybridized carbons (Fsp3) is 0.316. The first-order chi connectivity index (χ1) is 12.2. The minimum absolute atomic E-state index is 0.0826. The largest absolute Gasteiger partial charge is 0.494 e. The number of aromatic hydroxyl groups is 1. The van der Waals surface area contributed by atoms with E-state index in [9.17, 15) is 14.3 Å². The number of nitrogens with zero attached hydrogens (tertiary/aromatic N) is 3. The number of ketones is 1. The van der Waals surface area contributed by atoms with E-state index < -0.39 is 5.41 Å². The van der Waals surface area contributed by atoms with Crippen molar-refractivity contribution in [1.82, 2.24) is 14.5 Å². The highest BCUT2D eigenvalue weighted by atomic mass is 19.1. The van der Waals surface area contributed by atoms with Crippen LogP contribution in [0.4, 0.5) is 10.3 Å². The van der Waals surface area contributed by atoms with Crippen molar-refractivity contribution in [3.05, 3.63) is 47.4 Å². The molecular weight excluding hydrogens is 335 g/mol. The van der Waals surface area contributed by atoms with Gasteiger partial charge in [0.15, 0.2) is 11.6 Å². The monoisotopic (exact) mass is 356 g/mol. The lowest BCUT2D eigenvalue weighted by atomic mass is 9.89. The molecule has 0 aliphatic carbocycles.